The number of hydrogen-bond donors (Lipinski definition) is 1. The first-order chi connectivity index (χ1) is 9.08. The molecule has 0 saturated heterocycles. The number of nitrogens with two attached hydrogens (primary N) is 1. The molecule has 19 heavy (non-hydrogen) atoms. The fourth-order valence-electron chi connectivity index (χ4n) is 2.47. The van der Waals surface area contributed by atoms with Crippen LogP contribution in [0.15, 0.2) is 18.2 Å². The highest BCUT2D eigenvalue weighted by molar-refractivity contribution is 6.21. The smallest absolute Gasteiger partial charge is 0.261 e. The molecule has 2 aliphatic rings. The van der Waals surface area contributed by atoms with Crippen molar-refractivity contribution in [3.63, 3.8) is 0 Å². The number of rotatable bonds is 4. The summed E-state index contributed by atoms with van der Waals surface area (Å²) in [6.45, 7) is 1.17. The Balaban J connectivity index is 1.74. The van der Waals surface area contributed by atoms with Crippen LogP contribution in [-0.4, -0.2) is 47.8 Å². The molecule has 0 unspecified atom stereocenters. The number of amides is 2. The van der Waals surface area contributed by atoms with Crippen molar-refractivity contribution in [3.8, 4) is 0 Å². The van der Waals surface area contributed by atoms with Gasteiger partial charge in [-0.1, -0.05) is 0 Å². The molecule has 2 amide bonds. The minimum absolute atomic E-state index is 0.204. The second kappa shape index (κ2) is 4.35. The molecule has 0 spiro atoms. The average molecular weight is 259 g/mol. The van der Waals surface area contributed by atoms with Gasteiger partial charge in [-0.05, 0) is 38.1 Å². The Labute approximate surface area is 112 Å². The van der Waals surface area contributed by atoms with Gasteiger partial charge in [-0.25, -0.2) is 0 Å². The van der Waals surface area contributed by atoms with Crippen LogP contribution in [0.2, 0.25) is 0 Å². The SMILES string of the molecule is CN(CCN1C(=O)c2ccc(N)cc2C1=O)C1CC1. The highest BCUT2D eigenvalue weighted by Gasteiger charge is 2.36. The number of carbonyl (C=O) groups excluding carboxylic acids is 2. The van der Waals surface area contributed by atoms with Crippen LogP contribution in [0.3, 0.4) is 0 Å². The molecule has 0 radical (unpaired) electrons. The Morgan fingerprint density at radius 2 is 1.95 bits per heavy atom. The molecule has 1 aromatic carbocycles. The van der Waals surface area contributed by atoms with Crippen LogP contribution < -0.4 is 5.73 Å². The summed E-state index contributed by atoms with van der Waals surface area (Å²) >= 11 is 0. The molecule has 3 rings (SSSR count). The molecule has 5 heteroatoms. The summed E-state index contributed by atoms with van der Waals surface area (Å²) in [5.41, 5.74) is 7.07. The summed E-state index contributed by atoms with van der Waals surface area (Å²) in [6.07, 6.45) is 2.43. The van der Waals surface area contributed by atoms with Crippen LogP contribution in [0, 0.1) is 0 Å². The molecule has 5 nitrogen and oxygen atoms in total. The standard InChI is InChI=1S/C14H17N3O2/c1-16(10-3-4-10)6-7-17-13(18)11-5-2-9(15)8-12(11)14(17)19/h2,5,8,10H,3-4,6-7,15H2,1H3. The Bertz CT molecular complexity index is 552. The molecule has 1 aliphatic carbocycles. The monoisotopic (exact) mass is 259 g/mol. The molecule has 0 atom stereocenters. The van der Waals surface area contributed by atoms with Crippen molar-refractivity contribution in [1.29, 1.82) is 0 Å². The lowest BCUT2D eigenvalue weighted by molar-refractivity contribution is 0.0640. The quantitative estimate of drug-likeness (QED) is 0.646. The van der Waals surface area contributed by atoms with E-state index < -0.39 is 0 Å². The van der Waals surface area contributed by atoms with E-state index in [-0.39, 0.29) is 11.8 Å². The zero-order chi connectivity index (χ0) is 13.6. The predicted octanol–water partition coefficient (Wildman–Crippen LogP) is 0.959. The number of imide groups is 1. The van der Waals surface area contributed by atoms with Crippen LogP contribution in [0.1, 0.15) is 33.6 Å². The van der Waals surface area contributed by atoms with Crippen molar-refractivity contribution in [2.45, 2.75) is 18.9 Å². The number of carbonyl (C=O) groups is 2. The minimum atomic E-state index is -0.225. The maximum Gasteiger partial charge on any atom is 0.261 e. The first-order valence-electron chi connectivity index (χ1n) is 6.54. The molecular formula is C14H17N3O2. The number of nitrogen functional groups attached to an aromatic ring is 1. The first-order valence-corrected chi connectivity index (χ1v) is 6.54. The number of benzene rings is 1. The summed E-state index contributed by atoms with van der Waals surface area (Å²) in [4.78, 5) is 27.9. The van der Waals surface area contributed by atoms with Crippen LogP contribution in [0.5, 0.6) is 0 Å². The third-order valence-electron chi connectivity index (χ3n) is 3.84. The summed E-state index contributed by atoms with van der Waals surface area (Å²) in [7, 11) is 2.04. The van der Waals surface area contributed by atoms with Crippen molar-refractivity contribution < 1.29 is 9.59 Å². The van der Waals surface area contributed by atoms with E-state index in [1.54, 1.807) is 18.2 Å². The molecule has 1 heterocycles. The second-order valence-electron chi connectivity index (χ2n) is 5.28. The zero-order valence-corrected chi connectivity index (χ0v) is 10.9. The van der Waals surface area contributed by atoms with Crippen molar-refractivity contribution in [3.05, 3.63) is 29.3 Å². The van der Waals surface area contributed by atoms with Crippen LogP contribution in [-0.2, 0) is 0 Å². The van der Waals surface area contributed by atoms with Gasteiger partial charge in [0.1, 0.15) is 0 Å². The highest BCUT2D eigenvalue weighted by atomic mass is 16.2. The molecule has 0 aromatic heterocycles. The molecule has 100 valence electrons. The van der Waals surface area contributed by atoms with Gasteiger partial charge < -0.3 is 10.6 Å². The zero-order valence-electron chi connectivity index (χ0n) is 10.9. The van der Waals surface area contributed by atoms with E-state index in [1.807, 2.05) is 7.05 Å². The van der Waals surface area contributed by atoms with Gasteiger partial charge in [0, 0.05) is 24.8 Å². The Kier molecular flexibility index (Phi) is 2.78. The summed E-state index contributed by atoms with van der Waals surface area (Å²) in [6, 6.07) is 5.50. The van der Waals surface area contributed by atoms with Crippen LogP contribution >= 0.6 is 0 Å². The van der Waals surface area contributed by atoms with E-state index in [9.17, 15) is 9.59 Å². The number of likely N-dealkylation sites (N-methyl/N-ethyl adjacent to an activating group) is 1. The number of anilines is 1. The van der Waals surface area contributed by atoms with Gasteiger partial charge >= 0.3 is 0 Å². The van der Waals surface area contributed by atoms with Crippen molar-refractivity contribution >= 4 is 17.5 Å². The number of fused-ring (bicyclic) bond motifs is 1. The van der Waals surface area contributed by atoms with Gasteiger partial charge in [0.25, 0.3) is 11.8 Å². The van der Waals surface area contributed by atoms with Gasteiger partial charge in [-0.3, -0.25) is 14.5 Å². The fourth-order valence-corrected chi connectivity index (χ4v) is 2.47. The molecule has 1 saturated carbocycles. The van der Waals surface area contributed by atoms with E-state index in [2.05, 4.69) is 4.90 Å². The van der Waals surface area contributed by atoms with E-state index in [0.717, 1.165) is 6.54 Å². The van der Waals surface area contributed by atoms with E-state index in [1.165, 1.54) is 17.7 Å². The number of hydrogen-bond acceptors (Lipinski definition) is 4. The topological polar surface area (TPSA) is 66.6 Å². The van der Waals surface area contributed by atoms with E-state index >= 15 is 0 Å². The summed E-state index contributed by atoms with van der Waals surface area (Å²) in [5.74, 6) is -0.430. The summed E-state index contributed by atoms with van der Waals surface area (Å²) in [5, 5.41) is 0. The molecule has 1 aliphatic heterocycles. The third kappa shape index (κ3) is 2.10. The van der Waals surface area contributed by atoms with Crippen molar-refractivity contribution in [1.82, 2.24) is 9.80 Å². The van der Waals surface area contributed by atoms with Gasteiger partial charge in [-0.2, -0.15) is 0 Å². The summed E-state index contributed by atoms with van der Waals surface area (Å²) < 4.78 is 0. The predicted molar refractivity (Wildman–Crippen MR) is 71.9 cm³/mol. The van der Waals surface area contributed by atoms with E-state index in [0.29, 0.717) is 29.4 Å². The Hall–Kier alpha value is -1.88. The largest absolute Gasteiger partial charge is 0.399 e. The molecule has 2 N–H and O–H groups in total. The lowest BCUT2D eigenvalue weighted by Crippen LogP contribution is -2.37. The molecule has 0 bridgehead atoms. The minimum Gasteiger partial charge on any atom is -0.399 e. The van der Waals surface area contributed by atoms with Crippen LogP contribution in [0.4, 0.5) is 5.69 Å². The molecule has 1 aromatic rings. The van der Waals surface area contributed by atoms with Gasteiger partial charge in [0.05, 0.1) is 11.1 Å². The Morgan fingerprint density at radius 3 is 2.63 bits per heavy atom. The van der Waals surface area contributed by atoms with E-state index in [4.69, 9.17) is 5.73 Å². The Morgan fingerprint density at radius 1 is 1.26 bits per heavy atom. The number of nitrogens with zero attached hydrogens (tertiary/aromatic N) is 2. The highest BCUT2D eigenvalue weighted by Crippen LogP contribution is 2.27. The maximum absolute atomic E-state index is 12.2. The second-order valence-corrected chi connectivity index (χ2v) is 5.28. The van der Waals surface area contributed by atoms with Crippen molar-refractivity contribution in [2.24, 2.45) is 0 Å². The van der Waals surface area contributed by atoms with Gasteiger partial charge in [0.2, 0.25) is 0 Å². The van der Waals surface area contributed by atoms with Gasteiger partial charge in [-0.15, -0.1) is 0 Å². The normalized spacial score (nSPS) is 18.3. The van der Waals surface area contributed by atoms with Gasteiger partial charge in [0.15, 0.2) is 0 Å². The average Bonchev–Trinajstić information content (AvgIpc) is 3.19. The maximum atomic E-state index is 12.2. The van der Waals surface area contributed by atoms with Crippen molar-refractivity contribution in [2.75, 3.05) is 25.9 Å². The fraction of sp³-hybridized carbons (Fsp3) is 0.429. The lowest BCUT2D eigenvalue weighted by Gasteiger charge is -2.20. The first kappa shape index (κ1) is 12.2. The lowest BCUT2D eigenvalue weighted by atomic mass is 10.1. The third-order valence-corrected chi connectivity index (χ3v) is 3.84. The molecular weight excluding hydrogens is 242 g/mol. The van der Waals surface area contributed by atoms with Crippen LogP contribution in [0.25, 0.3) is 0 Å². The molecule has 1 fully saturated rings.